The van der Waals surface area contributed by atoms with Crippen LogP contribution in [0.4, 0.5) is 0 Å². The highest BCUT2D eigenvalue weighted by atomic mass is 15.3. The fourth-order valence-electron chi connectivity index (χ4n) is 2.51. The Morgan fingerprint density at radius 3 is 2.30 bits per heavy atom. The van der Waals surface area contributed by atoms with Gasteiger partial charge in [0.25, 0.3) is 0 Å². The van der Waals surface area contributed by atoms with Crippen LogP contribution in [-0.4, -0.2) is 16.8 Å². The first kappa shape index (κ1) is 14.8. The zero-order valence-electron chi connectivity index (χ0n) is 13.1. The summed E-state index contributed by atoms with van der Waals surface area (Å²) >= 11 is 0. The van der Waals surface area contributed by atoms with E-state index in [0.717, 1.165) is 6.54 Å². The molecule has 0 saturated heterocycles. The van der Waals surface area contributed by atoms with Gasteiger partial charge in [0.1, 0.15) is 0 Å². The van der Waals surface area contributed by atoms with Crippen LogP contribution in [0.2, 0.25) is 0 Å². The van der Waals surface area contributed by atoms with Gasteiger partial charge in [-0.2, -0.15) is 5.10 Å². The van der Waals surface area contributed by atoms with Gasteiger partial charge in [-0.3, -0.25) is 4.68 Å². The molecule has 3 heteroatoms. The van der Waals surface area contributed by atoms with E-state index in [-0.39, 0.29) is 11.5 Å². The predicted octanol–water partition coefficient (Wildman–Crippen LogP) is 3.51. The summed E-state index contributed by atoms with van der Waals surface area (Å²) in [7, 11) is 2.00. The summed E-state index contributed by atoms with van der Waals surface area (Å²) in [6.45, 7) is 9.73. The summed E-state index contributed by atoms with van der Waals surface area (Å²) in [5, 5.41) is 7.76. The van der Waals surface area contributed by atoms with Crippen LogP contribution in [0.25, 0.3) is 0 Å². The number of hydrogen-bond donors (Lipinski definition) is 1. The third kappa shape index (κ3) is 2.93. The van der Waals surface area contributed by atoms with E-state index in [4.69, 9.17) is 0 Å². The van der Waals surface area contributed by atoms with E-state index < -0.39 is 0 Å². The maximum Gasteiger partial charge on any atom is 0.0745 e. The first-order chi connectivity index (χ1) is 9.47. The van der Waals surface area contributed by atoms with Gasteiger partial charge < -0.3 is 5.32 Å². The molecule has 0 amide bonds. The fourth-order valence-corrected chi connectivity index (χ4v) is 2.51. The van der Waals surface area contributed by atoms with Crippen molar-refractivity contribution in [3.63, 3.8) is 0 Å². The third-order valence-corrected chi connectivity index (χ3v) is 3.74. The van der Waals surface area contributed by atoms with Crippen LogP contribution in [0.15, 0.2) is 36.5 Å². The van der Waals surface area contributed by atoms with Crippen molar-refractivity contribution in [2.45, 2.75) is 45.7 Å². The fraction of sp³-hybridized carbons (Fsp3) is 0.471. The largest absolute Gasteiger partial charge is 0.308 e. The minimum atomic E-state index is 0.187. The van der Waals surface area contributed by atoms with Crippen LogP contribution < -0.4 is 5.32 Å². The molecular formula is C17H25N3. The van der Waals surface area contributed by atoms with E-state index in [0.29, 0.717) is 0 Å². The molecule has 1 aromatic heterocycles. The number of benzene rings is 1. The average molecular weight is 271 g/mol. The Morgan fingerprint density at radius 2 is 1.80 bits per heavy atom. The Hall–Kier alpha value is -1.61. The highest BCUT2D eigenvalue weighted by molar-refractivity contribution is 5.33. The molecule has 0 aliphatic carbocycles. The summed E-state index contributed by atoms with van der Waals surface area (Å²) in [5.41, 5.74) is 4.04. The van der Waals surface area contributed by atoms with Gasteiger partial charge in [-0.1, -0.05) is 45.0 Å². The van der Waals surface area contributed by atoms with E-state index in [1.54, 1.807) is 0 Å². The van der Waals surface area contributed by atoms with Crippen molar-refractivity contribution in [2.75, 3.05) is 7.05 Å². The lowest BCUT2D eigenvalue weighted by molar-refractivity contribution is 0.561. The monoisotopic (exact) mass is 271 g/mol. The molecule has 2 rings (SSSR count). The second-order valence-electron chi connectivity index (χ2n) is 6.17. The molecule has 0 radical (unpaired) electrons. The Balaban J connectivity index is 2.33. The number of rotatable bonds is 4. The van der Waals surface area contributed by atoms with Crippen LogP contribution in [0.3, 0.4) is 0 Å². The van der Waals surface area contributed by atoms with E-state index in [9.17, 15) is 0 Å². The number of aryl methyl sites for hydroxylation is 1. The predicted molar refractivity (Wildman–Crippen MR) is 83.9 cm³/mol. The lowest BCUT2D eigenvalue weighted by atomic mass is 9.86. The van der Waals surface area contributed by atoms with Crippen molar-refractivity contribution >= 4 is 0 Å². The van der Waals surface area contributed by atoms with Crippen LogP contribution in [-0.2, 0) is 12.0 Å². The van der Waals surface area contributed by atoms with Crippen LogP contribution >= 0.6 is 0 Å². The average Bonchev–Trinajstić information content (AvgIpc) is 2.87. The minimum absolute atomic E-state index is 0.187. The van der Waals surface area contributed by atoms with Crippen molar-refractivity contribution in [1.82, 2.24) is 15.1 Å². The molecule has 2 aromatic rings. The highest BCUT2D eigenvalue weighted by Crippen LogP contribution is 2.26. The topological polar surface area (TPSA) is 29.9 Å². The molecule has 0 bridgehead atoms. The number of nitrogens with zero attached hydrogens (tertiary/aromatic N) is 2. The van der Waals surface area contributed by atoms with Gasteiger partial charge in [-0.15, -0.1) is 0 Å². The Bertz CT molecular complexity index is 546. The molecule has 1 aromatic carbocycles. The summed E-state index contributed by atoms with van der Waals surface area (Å²) in [4.78, 5) is 0. The van der Waals surface area contributed by atoms with Gasteiger partial charge in [0.05, 0.1) is 11.7 Å². The first-order valence-electron chi connectivity index (χ1n) is 7.26. The second kappa shape index (κ2) is 5.80. The van der Waals surface area contributed by atoms with Crippen LogP contribution in [0.5, 0.6) is 0 Å². The van der Waals surface area contributed by atoms with Crippen molar-refractivity contribution in [3.8, 4) is 0 Å². The summed E-state index contributed by atoms with van der Waals surface area (Å²) in [6, 6.07) is 11.2. The number of aromatic nitrogens is 2. The maximum absolute atomic E-state index is 4.36. The van der Waals surface area contributed by atoms with Gasteiger partial charge in [0.15, 0.2) is 0 Å². The molecule has 20 heavy (non-hydrogen) atoms. The standard InChI is InChI=1S/C17H25N3/c1-6-20-15(11-12-19-20)16(18-5)13-7-9-14(10-8-13)17(2,3)4/h7-12,16,18H,6H2,1-5H3. The van der Waals surface area contributed by atoms with Gasteiger partial charge >= 0.3 is 0 Å². The summed E-state index contributed by atoms with van der Waals surface area (Å²) in [5.74, 6) is 0. The Morgan fingerprint density at radius 1 is 1.15 bits per heavy atom. The van der Waals surface area contributed by atoms with Crippen molar-refractivity contribution in [1.29, 1.82) is 0 Å². The summed E-state index contributed by atoms with van der Waals surface area (Å²) < 4.78 is 2.04. The molecule has 108 valence electrons. The first-order valence-corrected chi connectivity index (χ1v) is 7.26. The molecule has 3 nitrogen and oxygen atoms in total. The minimum Gasteiger partial charge on any atom is -0.308 e. The second-order valence-corrected chi connectivity index (χ2v) is 6.17. The zero-order valence-corrected chi connectivity index (χ0v) is 13.1. The molecule has 1 heterocycles. The van der Waals surface area contributed by atoms with E-state index in [2.05, 4.69) is 68.4 Å². The highest BCUT2D eigenvalue weighted by Gasteiger charge is 2.18. The lowest BCUT2D eigenvalue weighted by Gasteiger charge is -2.22. The van der Waals surface area contributed by atoms with Crippen molar-refractivity contribution in [3.05, 3.63) is 53.3 Å². The molecule has 0 aliphatic rings. The summed E-state index contributed by atoms with van der Waals surface area (Å²) in [6.07, 6.45) is 1.87. The van der Waals surface area contributed by atoms with E-state index >= 15 is 0 Å². The van der Waals surface area contributed by atoms with Crippen molar-refractivity contribution < 1.29 is 0 Å². The van der Waals surface area contributed by atoms with Gasteiger partial charge in [-0.05, 0) is 36.6 Å². The Labute approximate surface area is 122 Å². The SMILES string of the molecule is CCn1nccc1C(NC)c1ccc(C(C)(C)C)cc1. The third-order valence-electron chi connectivity index (χ3n) is 3.74. The lowest BCUT2D eigenvalue weighted by Crippen LogP contribution is -2.21. The molecule has 0 saturated carbocycles. The van der Waals surface area contributed by atoms with Gasteiger partial charge in [-0.25, -0.2) is 0 Å². The smallest absolute Gasteiger partial charge is 0.0745 e. The molecule has 1 N–H and O–H groups in total. The molecule has 1 atom stereocenters. The van der Waals surface area contributed by atoms with Gasteiger partial charge in [0, 0.05) is 12.7 Å². The molecule has 1 unspecified atom stereocenters. The number of nitrogens with one attached hydrogen (secondary N) is 1. The van der Waals surface area contributed by atoms with E-state index in [1.165, 1.54) is 16.8 Å². The zero-order chi connectivity index (χ0) is 14.8. The molecule has 0 spiro atoms. The molecular weight excluding hydrogens is 246 g/mol. The van der Waals surface area contributed by atoms with Gasteiger partial charge in [0.2, 0.25) is 0 Å². The van der Waals surface area contributed by atoms with Crippen LogP contribution in [0.1, 0.15) is 50.6 Å². The quantitative estimate of drug-likeness (QED) is 0.922. The van der Waals surface area contributed by atoms with Crippen LogP contribution in [0, 0.1) is 0 Å². The Kier molecular flexibility index (Phi) is 4.29. The van der Waals surface area contributed by atoms with Crippen molar-refractivity contribution in [2.24, 2.45) is 0 Å². The van der Waals surface area contributed by atoms with E-state index in [1.807, 2.05) is 17.9 Å². The molecule has 0 aliphatic heterocycles. The maximum atomic E-state index is 4.36. The normalized spacial score (nSPS) is 13.4. The number of hydrogen-bond acceptors (Lipinski definition) is 2. The molecule has 0 fully saturated rings.